The molecule has 1 aliphatic carbocycles. The molecule has 2 aromatic rings. The van der Waals surface area contributed by atoms with E-state index in [2.05, 4.69) is 32.1 Å². The Hall–Kier alpha value is -2.37. The first-order valence-electron chi connectivity index (χ1n) is 7.20. The van der Waals surface area contributed by atoms with Crippen LogP contribution in [0.3, 0.4) is 0 Å². The summed E-state index contributed by atoms with van der Waals surface area (Å²) in [5.74, 6) is 1.23. The van der Waals surface area contributed by atoms with E-state index in [0.717, 1.165) is 41.7 Å². The fourth-order valence-corrected chi connectivity index (χ4v) is 3.28. The van der Waals surface area contributed by atoms with Gasteiger partial charge < -0.3 is 21.0 Å². The minimum absolute atomic E-state index is 0.376. The summed E-state index contributed by atoms with van der Waals surface area (Å²) in [6.07, 6.45) is 9.77. The van der Waals surface area contributed by atoms with Crippen LogP contribution in [0.4, 0.5) is 5.82 Å². The molecule has 6 heteroatoms. The summed E-state index contributed by atoms with van der Waals surface area (Å²) in [6.45, 7) is 0. The molecule has 3 rings (SSSR count). The number of nitrogens with zero attached hydrogens (tertiary/aromatic N) is 3. The van der Waals surface area contributed by atoms with Crippen molar-refractivity contribution in [2.24, 2.45) is 11.7 Å². The van der Waals surface area contributed by atoms with Crippen LogP contribution in [0.15, 0.2) is 30.4 Å². The Bertz CT molecular complexity index is 687. The lowest BCUT2D eigenvalue weighted by Gasteiger charge is -2.14. The predicted molar refractivity (Wildman–Crippen MR) is 84.5 cm³/mol. The zero-order chi connectivity index (χ0) is 14.8. The normalized spacial score (nSPS) is 22.6. The van der Waals surface area contributed by atoms with E-state index in [1.54, 1.807) is 12.5 Å². The van der Waals surface area contributed by atoms with Crippen molar-refractivity contribution in [3.63, 3.8) is 0 Å². The standard InChI is InChI=1S/C15H20N6/c1-18-14-13-4-5-21(15(13)20-9-19-14)12-3-2-10(6-12)11(7-16)8-17/h4-5,7-10,12,16H,2-3,6,17H2,1H3,(H,18,19,20)/b11-8+,16-7?. The van der Waals surface area contributed by atoms with E-state index < -0.39 is 0 Å². The van der Waals surface area contributed by atoms with Gasteiger partial charge in [-0.2, -0.15) is 0 Å². The van der Waals surface area contributed by atoms with Crippen molar-refractivity contribution >= 4 is 23.1 Å². The zero-order valence-corrected chi connectivity index (χ0v) is 12.1. The van der Waals surface area contributed by atoms with Crippen molar-refractivity contribution in [1.29, 1.82) is 5.41 Å². The van der Waals surface area contributed by atoms with E-state index in [-0.39, 0.29) is 0 Å². The fraction of sp³-hybridized carbons (Fsp3) is 0.400. The Morgan fingerprint density at radius 2 is 2.33 bits per heavy atom. The Balaban J connectivity index is 1.91. The topological polar surface area (TPSA) is 92.6 Å². The van der Waals surface area contributed by atoms with Crippen LogP contribution < -0.4 is 11.1 Å². The number of nitrogens with one attached hydrogen (secondary N) is 2. The largest absolute Gasteiger partial charge is 0.404 e. The first kappa shape index (κ1) is 13.6. The second-order valence-electron chi connectivity index (χ2n) is 5.41. The van der Waals surface area contributed by atoms with Crippen LogP contribution in [0.5, 0.6) is 0 Å². The molecule has 0 spiro atoms. The van der Waals surface area contributed by atoms with E-state index in [0.29, 0.717) is 12.0 Å². The third-order valence-corrected chi connectivity index (χ3v) is 4.37. The summed E-state index contributed by atoms with van der Waals surface area (Å²) in [5.41, 5.74) is 7.50. The van der Waals surface area contributed by atoms with E-state index >= 15 is 0 Å². The summed E-state index contributed by atoms with van der Waals surface area (Å²) >= 11 is 0. The molecule has 4 N–H and O–H groups in total. The number of hydrogen-bond acceptors (Lipinski definition) is 5. The van der Waals surface area contributed by atoms with Crippen LogP contribution in [0.2, 0.25) is 0 Å². The highest BCUT2D eigenvalue weighted by Gasteiger charge is 2.28. The molecule has 1 aliphatic rings. The first-order chi connectivity index (χ1) is 10.3. The maximum atomic E-state index is 7.44. The molecule has 6 nitrogen and oxygen atoms in total. The van der Waals surface area contributed by atoms with Gasteiger partial charge in [0.2, 0.25) is 0 Å². The van der Waals surface area contributed by atoms with Gasteiger partial charge in [0.25, 0.3) is 0 Å². The van der Waals surface area contributed by atoms with Crippen molar-refractivity contribution in [3.8, 4) is 0 Å². The summed E-state index contributed by atoms with van der Waals surface area (Å²) in [4.78, 5) is 8.68. The van der Waals surface area contributed by atoms with Gasteiger partial charge in [0, 0.05) is 25.5 Å². The van der Waals surface area contributed by atoms with Gasteiger partial charge in [0.1, 0.15) is 17.8 Å². The van der Waals surface area contributed by atoms with Crippen LogP contribution in [0.25, 0.3) is 11.0 Å². The third kappa shape index (κ3) is 2.26. The van der Waals surface area contributed by atoms with Gasteiger partial charge in [-0.05, 0) is 43.0 Å². The molecule has 0 aromatic carbocycles. The molecule has 0 radical (unpaired) electrons. The molecule has 2 aromatic heterocycles. The predicted octanol–water partition coefficient (Wildman–Crippen LogP) is 2.31. The van der Waals surface area contributed by atoms with Gasteiger partial charge >= 0.3 is 0 Å². The molecule has 21 heavy (non-hydrogen) atoms. The summed E-state index contributed by atoms with van der Waals surface area (Å²) in [5, 5.41) is 11.6. The Kier molecular flexibility index (Phi) is 3.60. The molecule has 1 fully saturated rings. The molecular formula is C15H20N6. The number of aromatic nitrogens is 3. The smallest absolute Gasteiger partial charge is 0.145 e. The average molecular weight is 284 g/mol. The minimum Gasteiger partial charge on any atom is -0.404 e. The Labute approximate surface area is 123 Å². The van der Waals surface area contributed by atoms with Gasteiger partial charge in [0.15, 0.2) is 0 Å². The lowest BCUT2D eigenvalue weighted by atomic mass is 9.99. The number of hydrogen-bond donors (Lipinski definition) is 3. The molecule has 2 unspecified atom stereocenters. The number of allylic oxidation sites excluding steroid dienone is 1. The molecular weight excluding hydrogens is 264 g/mol. The van der Waals surface area contributed by atoms with Crippen LogP contribution >= 0.6 is 0 Å². The SMILES string of the molecule is CNc1ncnc2c1ccn2C1CCC(/C(C=N)=C/N)C1. The average Bonchev–Trinajstić information content (AvgIpc) is 3.14. The Morgan fingerprint density at radius 1 is 1.48 bits per heavy atom. The highest BCUT2D eigenvalue weighted by Crippen LogP contribution is 2.39. The summed E-state index contributed by atoms with van der Waals surface area (Å²) < 4.78 is 2.23. The molecule has 0 aliphatic heterocycles. The minimum atomic E-state index is 0.376. The quantitative estimate of drug-likeness (QED) is 0.751. The van der Waals surface area contributed by atoms with E-state index in [4.69, 9.17) is 11.1 Å². The Morgan fingerprint density at radius 3 is 3.05 bits per heavy atom. The van der Waals surface area contributed by atoms with Crippen molar-refractivity contribution in [2.45, 2.75) is 25.3 Å². The van der Waals surface area contributed by atoms with Crippen LogP contribution in [0, 0.1) is 11.3 Å². The van der Waals surface area contributed by atoms with Crippen molar-refractivity contribution in [3.05, 3.63) is 30.4 Å². The molecule has 0 bridgehead atoms. The van der Waals surface area contributed by atoms with Gasteiger partial charge in [-0.25, -0.2) is 9.97 Å². The summed E-state index contributed by atoms with van der Waals surface area (Å²) in [7, 11) is 1.87. The zero-order valence-electron chi connectivity index (χ0n) is 12.1. The van der Waals surface area contributed by atoms with E-state index in [1.807, 2.05) is 7.05 Å². The van der Waals surface area contributed by atoms with E-state index in [9.17, 15) is 0 Å². The highest BCUT2D eigenvalue weighted by molar-refractivity contribution is 5.87. The van der Waals surface area contributed by atoms with Gasteiger partial charge in [-0.1, -0.05) is 0 Å². The van der Waals surface area contributed by atoms with Crippen LogP contribution in [-0.4, -0.2) is 27.8 Å². The molecule has 2 heterocycles. The van der Waals surface area contributed by atoms with Crippen molar-refractivity contribution in [2.75, 3.05) is 12.4 Å². The number of nitrogens with two attached hydrogens (primary N) is 1. The molecule has 1 saturated carbocycles. The molecule has 0 saturated heterocycles. The molecule has 0 amide bonds. The second-order valence-corrected chi connectivity index (χ2v) is 5.41. The van der Waals surface area contributed by atoms with Gasteiger partial charge in [-0.15, -0.1) is 0 Å². The van der Waals surface area contributed by atoms with Gasteiger partial charge in [0.05, 0.1) is 5.39 Å². The van der Waals surface area contributed by atoms with Crippen LogP contribution in [-0.2, 0) is 0 Å². The fourth-order valence-electron chi connectivity index (χ4n) is 3.28. The number of fused-ring (bicyclic) bond motifs is 1. The van der Waals surface area contributed by atoms with E-state index in [1.165, 1.54) is 6.21 Å². The van der Waals surface area contributed by atoms with Crippen molar-refractivity contribution < 1.29 is 0 Å². The maximum Gasteiger partial charge on any atom is 0.145 e. The van der Waals surface area contributed by atoms with Gasteiger partial charge in [-0.3, -0.25) is 0 Å². The summed E-state index contributed by atoms with van der Waals surface area (Å²) in [6, 6.07) is 2.46. The lowest BCUT2D eigenvalue weighted by Crippen LogP contribution is -2.08. The monoisotopic (exact) mass is 284 g/mol. The lowest BCUT2D eigenvalue weighted by molar-refractivity contribution is 0.515. The third-order valence-electron chi connectivity index (χ3n) is 4.37. The number of anilines is 1. The first-order valence-corrected chi connectivity index (χ1v) is 7.20. The second kappa shape index (κ2) is 5.55. The van der Waals surface area contributed by atoms with Crippen molar-refractivity contribution in [1.82, 2.24) is 14.5 Å². The molecule has 110 valence electrons. The van der Waals surface area contributed by atoms with Crippen LogP contribution in [0.1, 0.15) is 25.3 Å². The molecule has 2 atom stereocenters. The highest BCUT2D eigenvalue weighted by atomic mass is 15.1. The maximum absolute atomic E-state index is 7.44. The number of rotatable bonds is 4.